The van der Waals surface area contributed by atoms with E-state index in [0.717, 1.165) is 5.56 Å². The van der Waals surface area contributed by atoms with E-state index in [-0.39, 0.29) is 34.7 Å². The normalized spacial score (nSPS) is 14.4. The lowest BCUT2D eigenvalue weighted by atomic mass is 10.00. The molecule has 0 aliphatic heterocycles. The van der Waals surface area contributed by atoms with Gasteiger partial charge in [-0.15, -0.1) is 11.8 Å². The third-order valence-electron chi connectivity index (χ3n) is 6.28. The maximum atomic E-state index is 13.6. The fourth-order valence-electron chi connectivity index (χ4n) is 4.30. The maximum Gasteiger partial charge on any atom is 0.243 e. The molecule has 5 N–H and O–H groups in total. The Kier molecular flexibility index (Phi) is 13.5. The first kappa shape index (κ1) is 34.0. The quantitative estimate of drug-likeness (QED) is 0.236. The summed E-state index contributed by atoms with van der Waals surface area (Å²) < 4.78 is -0.257. The summed E-state index contributed by atoms with van der Waals surface area (Å²) in [7, 11) is 1.53. The van der Waals surface area contributed by atoms with Crippen LogP contribution in [0.2, 0.25) is 0 Å². The van der Waals surface area contributed by atoms with Crippen molar-refractivity contribution in [2.45, 2.75) is 88.4 Å². The van der Waals surface area contributed by atoms with E-state index in [9.17, 15) is 19.2 Å². The SMILES string of the molecule is CNC(=O)[C@H](Cc1ccccc1)NC(=O)[C@H](CC(C)C)NC(=O)C(CCC(N)C(=O)c1ccccn1)SC(C)(C)C. The largest absolute Gasteiger partial charge is 0.357 e. The minimum Gasteiger partial charge on any atom is -0.357 e. The second kappa shape index (κ2) is 16.3. The zero-order valence-corrected chi connectivity index (χ0v) is 25.8. The molecule has 224 valence electrons. The third kappa shape index (κ3) is 12.0. The molecule has 0 radical (unpaired) electrons. The Morgan fingerprint density at radius 3 is 2.07 bits per heavy atom. The average molecular weight is 584 g/mol. The van der Waals surface area contributed by atoms with E-state index in [4.69, 9.17) is 5.73 Å². The van der Waals surface area contributed by atoms with Crippen LogP contribution in [0.1, 0.15) is 69.9 Å². The number of amides is 3. The number of nitrogens with one attached hydrogen (secondary N) is 3. The molecule has 3 amide bonds. The van der Waals surface area contributed by atoms with Gasteiger partial charge in [0.05, 0.1) is 11.3 Å². The monoisotopic (exact) mass is 583 g/mol. The number of carbonyl (C=O) groups excluding carboxylic acids is 4. The van der Waals surface area contributed by atoms with Crippen LogP contribution in [0.5, 0.6) is 0 Å². The van der Waals surface area contributed by atoms with Gasteiger partial charge < -0.3 is 21.7 Å². The first-order chi connectivity index (χ1) is 19.3. The lowest BCUT2D eigenvalue weighted by molar-refractivity contribution is -0.132. The molecular formula is C31H45N5O4S. The van der Waals surface area contributed by atoms with Crippen molar-refractivity contribution in [1.29, 1.82) is 0 Å². The van der Waals surface area contributed by atoms with Gasteiger partial charge in [0.15, 0.2) is 5.78 Å². The molecule has 0 aliphatic rings. The van der Waals surface area contributed by atoms with E-state index in [1.807, 2.05) is 65.0 Å². The number of pyridine rings is 1. The van der Waals surface area contributed by atoms with Crippen molar-refractivity contribution in [2.24, 2.45) is 11.7 Å². The van der Waals surface area contributed by atoms with E-state index in [1.165, 1.54) is 18.8 Å². The van der Waals surface area contributed by atoms with Gasteiger partial charge in [-0.3, -0.25) is 24.2 Å². The first-order valence-electron chi connectivity index (χ1n) is 14.1. The molecule has 2 aromatic rings. The number of hydrogen-bond acceptors (Lipinski definition) is 7. The predicted octanol–water partition coefficient (Wildman–Crippen LogP) is 3.28. The van der Waals surface area contributed by atoms with Crippen molar-refractivity contribution in [1.82, 2.24) is 20.9 Å². The summed E-state index contributed by atoms with van der Waals surface area (Å²) in [6.45, 7) is 9.96. The fourth-order valence-corrected chi connectivity index (χ4v) is 5.59. The van der Waals surface area contributed by atoms with Crippen LogP contribution in [0.15, 0.2) is 54.7 Å². The highest BCUT2D eigenvalue weighted by molar-refractivity contribution is 8.01. The van der Waals surface area contributed by atoms with Gasteiger partial charge in [0, 0.05) is 24.4 Å². The van der Waals surface area contributed by atoms with E-state index >= 15 is 0 Å². The van der Waals surface area contributed by atoms with E-state index in [0.29, 0.717) is 25.0 Å². The highest BCUT2D eigenvalue weighted by atomic mass is 32.2. The summed E-state index contributed by atoms with van der Waals surface area (Å²) in [6.07, 6.45) is 2.89. The van der Waals surface area contributed by atoms with Crippen molar-refractivity contribution in [2.75, 3.05) is 7.05 Å². The number of thioether (sulfide) groups is 1. The summed E-state index contributed by atoms with van der Waals surface area (Å²) in [4.78, 5) is 56.5. The number of hydrogen-bond donors (Lipinski definition) is 4. The van der Waals surface area contributed by atoms with Gasteiger partial charge in [0.1, 0.15) is 17.8 Å². The summed E-state index contributed by atoms with van der Waals surface area (Å²) in [5, 5.41) is 7.87. The molecule has 0 bridgehead atoms. The van der Waals surface area contributed by atoms with Crippen LogP contribution >= 0.6 is 11.8 Å². The van der Waals surface area contributed by atoms with Crippen LogP contribution in [-0.4, -0.2) is 63.7 Å². The summed E-state index contributed by atoms with van der Waals surface area (Å²) in [5.41, 5.74) is 7.40. The van der Waals surface area contributed by atoms with Crippen LogP contribution in [0.3, 0.4) is 0 Å². The number of likely N-dealkylation sites (N-methyl/N-ethyl adjacent to an activating group) is 1. The van der Waals surface area contributed by atoms with Crippen molar-refractivity contribution in [3.8, 4) is 0 Å². The number of nitrogens with zero attached hydrogens (tertiary/aromatic N) is 1. The molecule has 41 heavy (non-hydrogen) atoms. The molecule has 0 spiro atoms. The molecular weight excluding hydrogens is 538 g/mol. The second-order valence-corrected chi connectivity index (χ2v) is 13.6. The Bertz CT molecular complexity index is 1140. The van der Waals surface area contributed by atoms with Gasteiger partial charge in [-0.2, -0.15) is 0 Å². The van der Waals surface area contributed by atoms with Gasteiger partial charge >= 0.3 is 0 Å². The second-order valence-electron chi connectivity index (χ2n) is 11.5. The van der Waals surface area contributed by atoms with Gasteiger partial charge in [-0.1, -0.05) is 71.0 Å². The topological polar surface area (TPSA) is 143 Å². The zero-order chi connectivity index (χ0) is 30.6. The maximum absolute atomic E-state index is 13.6. The zero-order valence-electron chi connectivity index (χ0n) is 25.0. The third-order valence-corrected chi connectivity index (χ3v) is 7.73. The molecule has 10 heteroatoms. The Morgan fingerprint density at radius 2 is 1.51 bits per heavy atom. The van der Waals surface area contributed by atoms with Gasteiger partial charge in [-0.05, 0) is 42.9 Å². The van der Waals surface area contributed by atoms with Gasteiger partial charge in [0.25, 0.3) is 0 Å². The number of Topliss-reactive ketones (excluding diaryl/α,β-unsaturated/α-hetero) is 1. The minimum atomic E-state index is -0.836. The molecule has 2 rings (SSSR count). The Hall–Kier alpha value is -3.24. The molecule has 1 aromatic heterocycles. The van der Waals surface area contributed by atoms with Gasteiger partial charge in [-0.25, -0.2) is 0 Å². The van der Waals surface area contributed by atoms with Crippen molar-refractivity contribution in [3.05, 3.63) is 66.0 Å². The van der Waals surface area contributed by atoms with Crippen LogP contribution in [-0.2, 0) is 20.8 Å². The number of carbonyl (C=O) groups is 4. The minimum absolute atomic E-state index is 0.108. The lowest BCUT2D eigenvalue weighted by Crippen LogP contribution is -2.55. The molecule has 1 heterocycles. The predicted molar refractivity (Wildman–Crippen MR) is 164 cm³/mol. The molecule has 1 aromatic carbocycles. The molecule has 0 fully saturated rings. The molecule has 0 aliphatic carbocycles. The van der Waals surface area contributed by atoms with Crippen molar-refractivity contribution in [3.63, 3.8) is 0 Å². The lowest BCUT2D eigenvalue weighted by Gasteiger charge is -2.29. The Balaban J connectivity index is 2.16. The van der Waals surface area contributed by atoms with Crippen LogP contribution in [0, 0.1) is 5.92 Å². The molecule has 0 saturated heterocycles. The summed E-state index contributed by atoms with van der Waals surface area (Å²) in [6, 6.07) is 12.1. The number of aromatic nitrogens is 1. The first-order valence-corrected chi connectivity index (χ1v) is 14.9. The van der Waals surface area contributed by atoms with Crippen molar-refractivity contribution >= 4 is 35.3 Å². The number of ketones is 1. The number of nitrogens with two attached hydrogens (primary N) is 1. The van der Waals surface area contributed by atoms with E-state index in [2.05, 4.69) is 20.9 Å². The highest BCUT2D eigenvalue weighted by Gasteiger charge is 2.32. The Labute approximate surface area is 248 Å². The van der Waals surface area contributed by atoms with Crippen molar-refractivity contribution < 1.29 is 19.2 Å². The van der Waals surface area contributed by atoms with Crippen LogP contribution < -0.4 is 21.7 Å². The fraction of sp³-hybridized carbons (Fsp3) is 0.516. The summed E-state index contributed by atoms with van der Waals surface area (Å²) in [5.74, 6) is -1.21. The van der Waals surface area contributed by atoms with Crippen LogP contribution in [0.25, 0.3) is 0 Å². The smallest absolute Gasteiger partial charge is 0.243 e. The molecule has 2 unspecified atom stereocenters. The number of rotatable bonds is 15. The highest BCUT2D eigenvalue weighted by Crippen LogP contribution is 2.31. The van der Waals surface area contributed by atoms with E-state index in [1.54, 1.807) is 24.4 Å². The van der Waals surface area contributed by atoms with Crippen LogP contribution in [0.4, 0.5) is 0 Å². The standard InChI is InChI=1S/C31H45N5O4S/c1-20(2)18-24(29(39)35-25(28(38)33-6)19-21-12-8-7-9-13-21)36-30(40)26(41-31(3,4)5)16-15-22(32)27(37)23-14-10-11-17-34-23/h7-14,17,20,22,24-26H,15-16,18-19,32H2,1-6H3,(H,33,38)(H,35,39)(H,36,40)/t22?,24-,25-,26?/m0/s1. The molecule has 4 atom stereocenters. The number of benzene rings is 1. The average Bonchev–Trinajstić information content (AvgIpc) is 2.93. The van der Waals surface area contributed by atoms with Gasteiger partial charge in [0.2, 0.25) is 17.7 Å². The molecule has 9 nitrogen and oxygen atoms in total. The Morgan fingerprint density at radius 1 is 0.878 bits per heavy atom. The van der Waals surface area contributed by atoms with E-state index < -0.39 is 29.3 Å². The molecule has 0 saturated carbocycles. The summed E-state index contributed by atoms with van der Waals surface area (Å²) >= 11 is 1.47.